The van der Waals surface area contributed by atoms with Gasteiger partial charge in [-0.15, -0.1) is 0 Å². The number of furan rings is 1. The van der Waals surface area contributed by atoms with Crippen LogP contribution in [0.5, 0.6) is 0 Å². The molecule has 0 bridgehead atoms. The Morgan fingerprint density at radius 1 is 1.21 bits per heavy atom. The van der Waals surface area contributed by atoms with E-state index in [1.54, 1.807) is 37.3 Å². The quantitative estimate of drug-likeness (QED) is 0.329. The molecule has 0 aliphatic carbocycles. The number of thioether (sulfide) groups is 1. The number of rotatable bonds is 7. The van der Waals surface area contributed by atoms with Crippen LogP contribution in [0, 0.1) is 6.92 Å². The van der Waals surface area contributed by atoms with E-state index in [1.165, 1.54) is 30.5 Å². The van der Waals surface area contributed by atoms with Crippen molar-refractivity contribution in [3.63, 3.8) is 0 Å². The third-order valence-electron chi connectivity index (χ3n) is 4.31. The van der Waals surface area contributed by atoms with Crippen molar-refractivity contribution in [3.8, 4) is 0 Å². The number of carbonyl (C=O) groups is 2. The number of para-hydroxylation sites is 1. The van der Waals surface area contributed by atoms with Gasteiger partial charge in [0.1, 0.15) is 17.1 Å². The number of aryl methyl sites for hydroxylation is 1. The van der Waals surface area contributed by atoms with Gasteiger partial charge in [0.2, 0.25) is 0 Å². The normalized spacial score (nSPS) is 10.9. The molecular weight excluding hydrogens is 396 g/mol. The van der Waals surface area contributed by atoms with Crippen LogP contribution in [0.1, 0.15) is 28.3 Å². The molecule has 0 radical (unpaired) electrons. The smallest absolute Gasteiger partial charge is 0.341 e. The second-order valence-corrected chi connectivity index (χ2v) is 7.10. The minimum Gasteiger partial charge on any atom is -0.469 e. The summed E-state index contributed by atoms with van der Waals surface area (Å²) in [7, 11) is 2.61. The molecule has 9 heteroatoms. The molecule has 0 atom stereocenters. The molecule has 3 aromatic rings. The Hall–Kier alpha value is -3.07. The largest absolute Gasteiger partial charge is 0.469 e. The molecule has 0 aliphatic rings. The second-order valence-electron chi connectivity index (χ2n) is 6.16. The van der Waals surface area contributed by atoms with Crippen LogP contribution in [0.4, 0.5) is 0 Å². The van der Waals surface area contributed by atoms with Crippen molar-refractivity contribution < 1.29 is 23.5 Å². The Morgan fingerprint density at radius 2 is 1.97 bits per heavy atom. The van der Waals surface area contributed by atoms with E-state index < -0.39 is 11.9 Å². The highest BCUT2D eigenvalue weighted by atomic mass is 32.2. The van der Waals surface area contributed by atoms with E-state index in [9.17, 15) is 14.4 Å². The van der Waals surface area contributed by atoms with E-state index in [0.29, 0.717) is 38.9 Å². The molecule has 1 aromatic carbocycles. The lowest BCUT2D eigenvalue weighted by molar-refractivity contribution is -0.140. The molecule has 2 aromatic heterocycles. The topological polar surface area (TPSA) is 101 Å². The molecule has 0 unspecified atom stereocenters. The highest BCUT2D eigenvalue weighted by Gasteiger charge is 2.17. The van der Waals surface area contributed by atoms with Crippen molar-refractivity contribution >= 4 is 34.6 Å². The molecular formula is C20H20N2O6S. The number of methoxy groups -OCH3 is 2. The molecule has 2 heterocycles. The maximum atomic E-state index is 12.9. The van der Waals surface area contributed by atoms with Crippen LogP contribution < -0.4 is 5.56 Å². The van der Waals surface area contributed by atoms with Crippen LogP contribution in [-0.2, 0) is 26.6 Å². The van der Waals surface area contributed by atoms with E-state index in [1.807, 2.05) is 0 Å². The van der Waals surface area contributed by atoms with Gasteiger partial charge < -0.3 is 13.9 Å². The van der Waals surface area contributed by atoms with Crippen molar-refractivity contribution in [2.45, 2.75) is 30.8 Å². The minimum atomic E-state index is -0.471. The Morgan fingerprint density at radius 3 is 2.69 bits per heavy atom. The molecule has 152 valence electrons. The van der Waals surface area contributed by atoms with Gasteiger partial charge in [0.15, 0.2) is 5.16 Å². The minimum absolute atomic E-state index is 0.0519. The highest BCUT2D eigenvalue weighted by Crippen LogP contribution is 2.25. The average molecular weight is 416 g/mol. The van der Waals surface area contributed by atoms with E-state index in [2.05, 4.69) is 9.72 Å². The van der Waals surface area contributed by atoms with Gasteiger partial charge in [-0.25, -0.2) is 9.78 Å². The molecule has 0 saturated carbocycles. The van der Waals surface area contributed by atoms with Crippen molar-refractivity contribution in [1.82, 2.24) is 9.55 Å². The molecule has 29 heavy (non-hydrogen) atoms. The highest BCUT2D eigenvalue weighted by molar-refractivity contribution is 7.98. The predicted molar refractivity (Wildman–Crippen MR) is 107 cm³/mol. The lowest BCUT2D eigenvalue weighted by Crippen LogP contribution is -2.24. The Kier molecular flexibility index (Phi) is 6.38. The zero-order chi connectivity index (χ0) is 21.0. The van der Waals surface area contributed by atoms with Gasteiger partial charge in [-0.3, -0.25) is 14.2 Å². The SMILES string of the molecule is COC(=O)CCn1c(SCc2cc(C(=O)OC)c(C)o2)nc2ccccc2c1=O. The summed E-state index contributed by atoms with van der Waals surface area (Å²) in [6.45, 7) is 1.83. The Balaban J connectivity index is 1.92. The summed E-state index contributed by atoms with van der Waals surface area (Å²) in [6.07, 6.45) is 0.0519. The van der Waals surface area contributed by atoms with E-state index in [4.69, 9.17) is 9.15 Å². The standard InChI is InChI=1S/C20H20N2O6S/c1-12-15(19(25)27-3)10-13(28-12)11-29-20-21-16-7-5-4-6-14(16)18(24)22(20)9-8-17(23)26-2/h4-7,10H,8-9,11H2,1-3H3. The summed E-state index contributed by atoms with van der Waals surface area (Å²) in [6, 6.07) is 8.65. The van der Waals surface area contributed by atoms with E-state index >= 15 is 0 Å². The Bertz CT molecular complexity index is 1120. The predicted octanol–water partition coefficient (Wildman–Crippen LogP) is 2.94. The number of nitrogens with zero attached hydrogens (tertiary/aromatic N) is 2. The van der Waals surface area contributed by atoms with E-state index in [-0.39, 0.29) is 18.5 Å². The third kappa shape index (κ3) is 4.51. The molecule has 0 N–H and O–H groups in total. The summed E-state index contributed by atoms with van der Waals surface area (Å²) in [5.74, 6) is 0.476. The monoisotopic (exact) mass is 416 g/mol. The molecule has 3 rings (SSSR count). The fraction of sp³-hybridized carbons (Fsp3) is 0.300. The van der Waals surface area contributed by atoms with Gasteiger partial charge in [0.25, 0.3) is 5.56 Å². The molecule has 0 aliphatic heterocycles. The lowest BCUT2D eigenvalue weighted by Gasteiger charge is -2.12. The maximum Gasteiger partial charge on any atom is 0.341 e. The van der Waals surface area contributed by atoms with Gasteiger partial charge in [0.05, 0.1) is 37.3 Å². The van der Waals surface area contributed by atoms with Crippen LogP contribution >= 0.6 is 11.8 Å². The number of fused-ring (bicyclic) bond motifs is 1. The van der Waals surface area contributed by atoms with E-state index in [0.717, 1.165) is 0 Å². The zero-order valence-corrected chi connectivity index (χ0v) is 17.1. The van der Waals surface area contributed by atoms with Gasteiger partial charge in [-0.1, -0.05) is 23.9 Å². The van der Waals surface area contributed by atoms with Gasteiger partial charge in [-0.2, -0.15) is 0 Å². The van der Waals surface area contributed by atoms with Crippen molar-refractivity contribution in [2.75, 3.05) is 14.2 Å². The number of benzene rings is 1. The van der Waals surface area contributed by atoms with Crippen LogP contribution in [0.15, 0.2) is 44.7 Å². The summed E-state index contributed by atoms with van der Waals surface area (Å²) < 4.78 is 16.5. The molecule has 0 amide bonds. The van der Waals surface area contributed by atoms with Crippen LogP contribution in [-0.4, -0.2) is 35.7 Å². The van der Waals surface area contributed by atoms with Crippen molar-refractivity contribution in [2.24, 2.45) is 0 Å². The number of hydrogen-bond acceptors (Lipinski definition) is 8. The fourth-order valence-corrected chi connectivity index (χ4v) is 3.73. The number of carbonyl (C=O) groups excluding carboxylic acids is 2. The molecule has 0 saturated heterocycles. The number of esters is 2. The average Bonchev–Trinajstić information content (AvgIpc) is 3.11. The number of ether oxygens (including phenoxy) is 2. The first-order valence-corrected chi connectivity index (χ1v) is 9.80. The fourth-order valence-electron chi connectivity index (χ4n) is 2.82. The lowest BCUT2D eigenvalue weighted by atomic mass is 10.2. The zero-order valence-electron chi connectivity index (χ0n) is 16.3. The first kappa shape index (κ1) is 20.7. The molecule has 8 nitrogen and oxygen atoms in total. The van der Waals surface area contributed by atoms with Gasteiger partial charge in [0, 0.05) is 6.54 Å². The second kappa shape index (κ2) is 8.95. The summed E-state index contributed by atoms with van der Waals surface area (Å²) in [5, 5.41) is 0.926. The van der Waals surface area contributed by atoms with Crippen LogP contribution in [0.25, 0.3) is 10.9 Å². The molecule has 0 spiro atoms. The van der Waals surface area contributed by atoms with Gasteiger partial charge in [-0.05, 0) is 25.1 Å². The summed E-state index contributed by atoms with van der Waals surface area (Å²) >= 11 is 1.28. The van der Waals surface area contributed by atoms with Crippen molar-refractivity contribution in [1.29, 1.82) is 0 Å². The summed E-state index contributed by atoms with van der Waals surface area (Å²) in [4.78, 5) is 40.8. The number of hydrogen-bond donors (Lipinski definition) is 0. The maximum absolute atomic E-state index is 12.9. The summed E-state index contributed by atoms with van der Waals surface area (Å²) in [5.41, 5.74) is 0.700. The first-order valence-electron chi connectivity index (χ1n) is 8.81. The van der Waals surface area contributed by atoms with Crippen LogP contribution in [0.3, 0.4) is 0 Å². The van der Waals surface area contributed by atoms with Gasteiger partial charge >= 0.3 is 11.9 Å². The Labute approximate surface area is 170 Å². The molecule has 0 fully saturated rings. The third-order valence-corrected chi connectivity index (χ3v) is 5.31. The number of aromatic nitrogens is 2. The van der Waals surface area contributed by atoms with Crippen molar-refractivity contribution in [3.05, 3.63) is 57.8 Å². The first-order chi connectivity index (χ1) is 13.9. The van der Waals surface area contributed by atoms with Crippen LogP contribution in [0.2, 0.25) is 0 Å².